The van der Waals surface area contributed by atoms with E-state index in [1.54, 1.807) is 6.20 Å². The largest absolute Gasteiger partial charge is 0.481 e. The molecule has 1 aromatic rings. The minimum atomic E-state index is -0.710. The second-order valence-corrected chi connectivity index (χ2v) is 3.72. The summed E-state index contributed by atoms with van der Waals surface area (Å²) in [5, 5.41) is 19.7. The van der Waals surface area contributed by atoms with Crippen molar-refractivity contribution in [2.75, 3.05) is 0 Å². The molecule has 0 radical (unpaired) electrons. The molecule has 1 saturated carbocycles. The first-order valence-corrected chi connectivity index (χ1v) is 5.00. The molecule has 0 bridgehead atoms. The molecular formula is C10H13N3O2. The first kappa shape index (κ1) is 10.0. The number of carboxylic acid groups (broad SMARTS) is 1. The predicted octanol–water partition coefficient (Wildman–Crippen LogP) is 0.429. The quantitative estimate of drug-likeness (QED) is 0.748. The van der Waals surface area contributed by atoms with Crippen LogP contribution in [0.15, 0.2) is 18.3 Å². The third kappa shape index (κ3) is 2.30. The molecule has 1 heterocycles. The second kappa shape index (κ2) is 4.35. The number of aromatic nitrogens is 2. The fourth-order valence-electron chi connectivity index (χ4n) is 1.70. The van der Waals surface area contributed by atoms with Crippen molar-refractivity contribution >= 4 is 5.97 Å². The lowest BCUT2D eigenvalue weighted by atomic mass is 9.79. The lowest BCUT2D eigenvalue weighted by molar-refractivity contribution is -0.146. The first-order valence-electron chi connectivity index (χ1n) is 5.00. The van der Waals surface area contributed by atoms with Gasteiger partial charge in [-0.2, -0.15) is 10.2 Å². The van der Waals surface area contributed by atoms with Crippen molar-refractivity contribution in [3.63, 3.8) is 0 Å². The van der Waals surface area contributed by atoms with Crippen molar-refractivity contribution in [1.29, 1.82) is 0 Å². The molecule has 15 heavy (non-hydrogen) atoms. The number of aliphatic carboxylic acids is 1. The van der Waals surface area contributed by atoms with Crippen LogP contribution in [0.2, 0.25) is 0 Å². The monoisotopic (exact) mass is 207 g/mol. The summed E-state index contributed by atoms with van der Waals surface area (Å²) in [4.78, 5) is 10.7. The van der Waals surface area contributed by atoms with Crippen molar-refractivity contribution in [2.45, 2.75) is 25.4 Å². The highest BCUT2D eigenvalue weighted by molar-refractivity contribution is 5.72. The zero-order valence-corrected chi connectivity index (χ0v) is 8.26. The minimum Gasteiger partial charge on any atom is -0.481 e. The summed E-state index contributed by atoms with van der Waals surface area (Å²) in [5.41, 5.74) is 0.841. The normalized spacial score (nSPS) is 24.5. The molecule has 0 aliphatic heterocycles. The van der Waals surface area contributed by atoms with E-state index in [-0.39, 0.29) is 12.0 Å². The molecule has 1 aliphatic carbocycles. The van der Waals surface area contributed by atoms with Gasteiger partial charge < -0.3 is 10.4 Å². The third-order valence-corrected chi connectivity index (χ3v) is 2.76. The van der Waals surface area contributed by atoms with Crippen LogP contribution in [0.5, 0.6) is 0 Å². The maximum atomic E-state index is 10.7. The zero-order chi connectivity index (χ0) is 10.7. The van der Waals surface area contributed by atoms with Crippen molar-refractivity contribution < 1.29 is 9.90 Å². The Kier molecular flexibility index (Phi) is 2.91. The molecule has 2 N–H and O–H groups in total. The number of carbonyl (C=O) groups is 1. The SMILES string of the molecule is O=C(O)C1CCC1NCc1cccnn1. The molecule has 0 aromatic carbocycles. The van der Waals surface area contributed by atoms with Gasteiger partial charge in [0.05, 0.1) is 11.6 Å². The lowest BCUT2D eigenvalue weighted by Crippen LogP contribution is -2.47. The average molecular weight is 207 g/mol. The summed E-state index contributed by atoms with van der Waals surface area (Å²) in [7, 11) is 0. The van der Waals surface area contributed by atoms with Crippen LogP contribution >= 0.6 is 0 Å². The van der Waals surface area contributed by atoms with Crippen molar-refractivity contribution in [3.05, 3.63) is 24.0 Å². The van der Waals surface area contributed by atoms with Gasteiger partial charge in [0.1, 0.15) is 0 Å². The van der Waals surface area contributed by atoms with Gasteiger partial charge in [0.15, 0.2) is 0 Å². The number of nitrogens with one attached hydrogen (secondary N) is 1. The van der Waals surface area contributed by atoms with Gasteiger partial charge in [-0.15, -0.1) is 0 Å². The summed E-state index contributed by atoms with van der Waals surface area (Å²) in [6.07, 6.45) is 3.32. The van der Waals surface area contributed by atoms with Gasteiger partial charge in [-0.1, -0.05) is 0 Å². The number of nitrogens with zero attached hydrogens (tertiary/aromatic N) is 2. The Labute approximate surface area is 87.5 Å². The number of rotatable bonds is 4. The third-order valence-electron chi connectivity index (χ3n) is 2.76. The molecule has 1 aromatic heterocycles. The van der Waals surface area contributed by atoms with Crippen LogP contribution < -0.4 is 5.32 Å². The molecular weight excluding hydrogens is 194 g/mol. The second-order valence-electron chi connectivity index (χ2n) is 3.72. The fourth-order valence-corrected chi connectivity index (χ4v) is 1.70. The molecule has 0 saturated heterocycles. The molecule has 2 rings (SSSR count). The molecule has 0 spiro atoms. The molecule has 1 aliphatic rings. The molecule has 0 amide bonds. The molecule has 80 valence electrons. The molecule has 5 heteroatoms. The van der Waals surface area contributed by atoms with Crippen LogP contribution in [0.1, 0.15) is 18.5 Å². The lowest BCUT2D eigenvalue weighted by Gasteiger charge is -2.33. The van der Waals surface area contributed by atoms with Gasteiger partial charge in [0.2, 0.25) is 0 Å². The van der Waals surface area contributed by atoms with Crippen molar-refractivity contribution in [2.24, 2.45) is 5.92 Å². The molecule has 2 atom stereocenters. The number of hydrogen-bond acceptors (Lipinski definition) is 4. The standard InChI is InChI=1S/C10H13N3O2/c14-10(15)8-3-4-9(8)11-6-7-2-1-5-12-13-7/h1-2,5,8-9,11H,3-4,6H2,(H,14,15). The van der Waals surface area contributed by atoms with Gasteiger partial charge >= 0.3 is 5.97 Å². The minimum absolute atomic E-state index is 0.0875. The summed E-state index contributed by atoms with van der Waals surface area (Å²) < 4.78 is 0. The van der Waals surface area contributed by atoms with Gasteiger partial charge in [-0.3, -0.25) is 4.79 Å². The van der Waals surface area contributed by atoms with Crippen LogP contribution in [0, 0.1) is 5.92 Å². The Balaban J connectivity index is 1.82. The Bertz CT molecular complexity index is 342. The van der Waals surface area contributed by atoms with Crippen LogP contribution in [0.25, 0.3) is 0 Å². The van der Waals surface area contributed by atoms with E-state index < -0.39 is 5.97 Å². The Morgan fingerprint density at radius 1 is 1.60 bits per heavy atom. The Morgan fingerprint density at radius 3 is 3.00 bits per heavy atom. The summed E-state index contributed by atoms with van der Waals surface area (Å²) in [5.74, 6) is -0.945. The van der Waals surface area contributed by atoms with Crippen molar-refractivity contribution in [1.82, 2.24) is 15.5 Å². The fraction of sp³-hybridized carbons (Fsp3) is 0.500. The van der Waals surface area contributed by atoms with E-state index in [0.29, 0.717) is 6.54 Å². The molecule has 1 fully saturated rings. The average Bonchev–Trinajstić information content (AvgIpc) is 2.17. The van der Waals surface area contributed by atoms with Crippen molar-refractivity contribution in [3.8, 4) is 0 Å². The maximum Gasteiger partial charge on any atom is 0.308 e. The molecule has 2 unspecified atom stereocenters. The topological polar surface area (TPSA) is 75.1 Å². The van der Waals surface area contributed by atoms with Crippen LogP contribution in [0.3, 0.4) is 0 Å². The number of carboxylic acids is 1. The first-order chi connectivity index (χ1) is 7.27. The van der Waals surface area contributed by atoms with Crippen LogP contribution in [0.4, 0.5) is 0 Å². The van der Waals surface area contributed by atoms with Crippen LogP contribution in [-0.4, -0.2) is 27.3 Å². The summed E-state index contributed by atoms with van der Waals surface area (Å²) >= 11 is 0. The van der Waals surface area contributed by atoms with Gasteiger partial charge in [0.25, 0.3) is 0 Å². The zero-order valence-electron chi connectivity index (χ0n) is 8.26. The van der Waals surface area contributed by atoms with E-state index in [1.165, 1.54) is 0 Å². The Morgan fingerprint density at radius 2 is 2.47 bits per heavy atom. The van der Waals surface area contributed by atoms with Gasteiger partial charge in [-0.25, -0.2) is 0 Å². The van der Waals surface area contributed by atoms with Gasteiger partial charge in [-0.05, 0) is 25.0 Å². The number of hydrogen-bond donors (Lipinski definition) is 2. The van der Waals surface area contributed by atoms with E-state index in [0.717, 1.165) is 18.5 Å². The predicted molar refractivity (Wildman–Crippen MR) is 53.0 cm³/mol. The maximum absolute atomic E-state index is 10.7. The highest BCUT2D eigenvalue weighted by Crippen LogP contribution is 2.27. The Hall–Kier alpha value is -1.49. The van der Waals surface area contributed by atoms with Gasteiger partial charge in [0, 0.05) is 18.8 Å². The molecule has 5 nitrogen and oxygen atoms in total. The van der Waals surface area contributed by atoms with Crippen LogP contribution in [-0.2, 0) is 11.3 Å². The summed E-state index contributed by atoms with van der Waals surface area (Å²) in [6, 6.07) is 3.78. The summed E-state index contributed by atoms with van der Waals surface area (Å²) in [6.45, 7) is 0.586. The highest BCUT2D eigenvalue weighted by Gasteiger charge is 2.35. The smallest absolute Gasteiger partial charge is 0.308 e. The van der Waals surface area contributed by atoms with E-state index in [4.69, 9.17) is 5.11 Å². The van der Waals surface area contributed by atoms with E-state index in [9.17, 15) is 4.79 Å². The van der Waals surface area contributed by atoms with E-state index in [2.05, 4.69) is 15.5 Å². The van der Waals surface area contributed by atoms with E-state index >= 15 is 0 Å². The highest BCUT2D eigenvalue weighted by atomic mass is 16.4. The van der Waals surface area contributed by atoms with E-state index in [1.807, 2.05) is 12.1 Å².